The Hall–Kier alpha value is -0.950. The molecule has 5 rings (SSSR count). The Kier molecular flexibility index (Phi) is 5.95. The van der Waals surface area contributed by atoms with Gasteiger partial charge in [0.05, 0.1) is 30.8 Å². The number of carbonyl (C=O) groups is 1. The van der Waals surface area contributed by atoms with E-state index in [9.17, 15) is 30.3 Å². The van der Waals surface area contributed by atoms with Crippen molar-refractivity contribution in [1.29, 1.82) is 0 Å². The molecule has 0 saturated heterocycles. The molecule has 0 aromatic heterocycles. The lowest BCUT2D eigenvalue weighted by Crippen LogP contribution is -2.69. The molecule has 5 aliphatic carbocycles. The maximum absolute atomic E-state index is 12.8. The number of hydrogen-bond donors (Lipinski definition) is 5. The normalized spacial score (nSPS) is 51.1. The Morgan fingerprint density at radius 2 is 1.56 bits per heavy atom. The van der Waals surface area contributed by atoms with Crippen LogP contribution in [-0.2, 0) is 4.79 Å². The molecule has 5 N–H and O–H groups in total. The molecule has 0 amide bonds. The minimum atomic E-state index is -1.14. The minimum Gasteiger partial charge on any atom is -0.481 e. The van der Waals surface area contributed by atoms with Gasteiger partial charge in [0, 0.05) is 5.41 Å². The highest BCUT2D eigenvalue weighted by atomic mass is 16.4. The van der Waals surface area contributed by atoms with Crippen LogP contribution in [0.25, 0.3) is 0 Å². The van der Waals surface area contributed by atoms with Gasteiger partial charge in [-0.25, -0.2) is 0 Å². The Balaban J connectivity index is 1.61. The molecular weight excluding hydrogens is 456 g/mol. The molecule has 5 aliphatic rings. The summed E-state index contributed by atoms with van der Waals surface area (Å²) in [5, 5.41) is 53.3. The van der Waals surface area contributed by atoms with E-state index in [-0.39, 0.29) is 52.6 Å². The first-order valence-electron chi connectivity index (χ1n) is 14.2. The zero-order valence-electron chi connectivity index (χ0n) is 22.9. The van der Waals surface area contributed by atoms with Crippen molar-refractivity contribution in [2.24, 2.45) is 50.2 Å². The van der Waals surface area contributed by atoms with Crippen LogP contribution in [0.15, 0.2) is 11.6 Å². The van der Waals surface area contributed by atoms with Gasteiger partial charge >= 0.3 is 5.97 Å². The first kappa shape index (κ1) is 26.6. The average Bonchev–Trinajstić information content (AvgIpc) is 2.80. The van der Waals surface area contributed by atoms with Crippen LogP contribution >= 0.6 is 0 Å². The van der Waals surface area contributed by atoms with Gasteiger partial charge in [-0.2, -0.15) is 0 Å². The van der Waals surface area contributed by atoms with Crippen LogP contribution in [0.4, 0.5) is 0 Å². The molecule has 0 radical (unpaired) electrons. The third kappa shape index (κ3) is 3.08. The molecule has 204 valence electrons. The third-order valence-corrected chi connectivity index (χ3v) is 13.2. The van der Waals surface area contributed by atoms with E-state index in [1.807, 2.05) is 0 Å². The van der Waals surface area contributed by atoms with Gasteiger partial charge in [-0.1, -0.05) is 46.3 Å². The quantitative estimate of drug-likeness (QED) is 0.369. The summed E-state index contributed by atoms with van der Waals surface area (Å²) in [6, 6.07) is 0. The van der Waals surface area contributed by atoms with Crippen molar-refractivity contribution in [3.8, 4) is 0 Å². The number of hydrogen-bond acceptors (Lipinski definition) is 5. The molecule has 0 aliphatic heterocycles. The topological polar surface area (TPSA) is 118 Å². The molecule has 6 nitrogen and oxygen atoms in total. The van der Waals surface area contributed by atoms with Gasteiger partial charge in [-0.3, -0.25) is 4.79 Å². The predicted octanol–water partition coefficient (Wildman–Crippen LogP) is 4.15. The molecule has 0 heterocycles. The highest BCUT2D eigenvalue weighted by Gasteiger charge is 2.71. The standard InChI is InChI=1S/C30H48O6/c1-25(2)10-12-29(24(35)36)13-11-27(4)18(19(29)14-25)6-7-21-26(3)15-20(33)23(34)30(16-31,17-32)22(26)8-9-28(21,27)5/h6,19-23,31-34H,7-17H2,1-5H3,(H,35,36)/t19-,20+,21-,22+,23-,26+,27+,28+,29-/m0/s1. The number of allylic oxidation sites excluding steroid dienone is 2. The summed E-state index contributed by atoms with van der Waals surface area (Å²) in [7, 11) is 0. The van der Waals surface area contributed by atoms with Crippen molar-refractivity contribution in [3.63, 3.8) is 0 Å². The number of carboxylic acid groups (broad SMARTS) is 1. The molecule has 0 spiro atoms. The molecule has 0 aromatic carbocycles. The molecule has 0 bridgehead atoms. The molecule has 0 unspecified atom stereocenters. The summed E-state index contributed by atoms with van der Waals surface area (Å²) in [6.07, 6.45) is 7.36. The average molecular weight is 505 g/mol. The second-order valence-electron chi connectivity index (χ2n) is 14.9. The fourth-order valence-corrected chi connectivity index (χ4v) is 10.8. The second kappa shape index (κ2) is 8.03. The van der Waals surface area contributed by atoms with E-state index >= 15 is 0 Å². The van der Waals surface area contributed by atoms with Gasteiger partial charge < -0.3 is 25.5 Å². The van der Waals surface area contributed by atoms with E-state index in [4.69, 9.17) is 0 Å². The smallest absolute Gasteiger partial charge is 0.310 e. The summed E-state index contributed by atoms with van der Waals surface area (Å²) in [5.74, 6) is -0.459. The van der Waals surface area contributed by atoms with Gasteiger partial charge in [0.15, 0.2) is 0 Å². The Bertz CT molecular complexity index is 953. The van der Waals surface area contributed by atoms with Crippen LogP contribution in [0.1, 0.15) is 92.4 Å². The van der Waals surface area contributed by atoms with E-state index in [0.29, 0.717) is 12.8 Å². The van der Waals surface area contributed by atoms with Crippen LogP contribution in [0.3, 0.4) is 0 Å². The van der Waals surface area contributed by atoms with Crippen LogP contribution in [0.2, 0.25) is 0 Å². The van der Waals surface area contributed by atoms with E-state index in [0.717, 1.165) is 44.9 Å². The first-order valence-corrected chi connectivity index (χ1v) is 14.2. The Labute approximate surface area is 216 Å². The van der Waals surface area contributed by atoms with Crippen molar-refractivity contribution in [2.75, 3.05) is 13.2 Å². The summed E-state index contributed by atoms with van der Waals surface area (Å²) < 4.78 is 0. The van der Waals surface area contributed by atoms with Crippen LogP contribution in [0.5, 0.6) is 0 Å². The highest BCUT2D eigenvalue weighted by Crippen LogP contribution is 2.75. The summed E-state index contributed by atoms with van der Waals surface area (Å²) in [6.45, 7) is 10.9. The monoisotopic (exact) mass is 504 g/mol. The number of aliphatic carboxylic acids is 1. The maximum atomic E-state index is 12.8. The van der Waals surface area contributed by atoms with Crippen molar-refractivity contribution >= 4 is 5.97 Å². The number of fused-ring (bicyclic) bond motifs is 7. The van der Waals surface area contributed by atoms with Crippen LogP contribution < -0.4 is 0 Å². The van der Waals surface area contributed by atoms with E-state index in [1.54, 1.807) is 0 Å². The largest absolute Gasteiger partial charge is 0.481 e. The first-order chi connectivity index (χ1) is 16.7. The molecule has 36 heavy (non-hydrogen) atoms. The summed E-state index contributed by atoms with van der Waals surface area (Å²) in [4.78, 5) is 12.8. The summed E-state index contributed by atoms with van der Waals surface area (Å²) >= 11 is 0. The predicted molar refractivity (Wildman–Crippen MR) is 137 cm³/mol. The van der Waals surface area contributed by atoms with E-state index in [1.165, 1.54) is 5.57 Å². The van der Waals surface area contributed by atoms with Gasteiger partial charge in [-0.05, 0) is 97.2 Å². The SMILES string of the molecule is CC1(C)CC[C@]2(C(=O)O)CC[C@]3(C)C(=CC[C@H]4[C@@]5(C)C[C@@H](O)[C@H](O)C(CO)(CO)[C@@H]5CC[C@]43C)[C@@H]2C1. The zero-order chi connectivity index (χ0) is 26.5. The number of aliphatic hydroxyl groups is 4. The molecule has 0 aromatic rings. The second-order valence-corrected chi connectivity index (χ2v) is 14.9. The molecule has 9 atom stereocenters. The molecular formula is C30H48O6. The number of aliphatic hydroxyl groups excluding tert-OH is 4. The lowest BCUT2D eigenvalue weighted by molar-refractivity contribution is -0.256. The number of rotatable bonds is 3. The van der Waals surface area contributed by atoms with E-state index < -0.39 is 29.0 Å². The van der Waals surface area contributed by atoms with Crippen molar-refractivity contribution in [3.05, 3.63) is 11.6 Å². The minimum absolute atomic E-state index is 0.0496. The van der Waals surface area contributed by atoms with Crippen molar-refractivity contribution in [1.82, 2.24) is 0 Å². The molecule has 6 heteroatoms. The van der Waals surface area contributed by atoms with Crippen LogP contribution in [0, 0.1) is 50.2 Å². The lowest BCUT2D eigenvalue weighted by atomic mass is 9.33. The number of carboxylic acids is 1. The van der Waals surface area contributed by atoms with Crippen molar-refractivity contribution in [2.45, 2.75) is 105 Å². The fourth-order valence-electron chi connectivity index (χ4n) is 10.8. The molecule has 4 saturated carbocycles. The van der Waals surface area contributed by atoms with Crippen molar-refractivity contribution < 1.29 is 30.3 Å². The highest BCUT2D eigenvalue weighted by molar-refractivity contribution is 5.76. The zero-order valence-corrected chi connectivity index (χ0v) is 22.9. The van der Waals surface area contributed by atoms with Gasteiger partial charge in [0.1, 0.15) is 0 Å². The van der Waals surface area contributed by atoms with Crippen LogP contribution in [-0.4, -0.2) is 56.9 Å². The third-order valence-electron chi connectivity index (χ3n) is 13.2. The fraction of sp³-hybridized carbons (Fsp3) is 0.900. The Morgan fingerprint density at radius 3 is 2.17 bits per heavy atom. The lowest BCUT2D eigenvalue weighted by Gasteiger charge is -2.71. The summed E-state index contributed by atoms with van der Waals surface area (Å²) in [5.41, 5.74) is -0.881. The maximum Gasteiger partial charge on any atom is 0.310 e. The van der Waals surface area contributed by atoms with E-state index in [2.05, 4.69) is 40.7 Å². The Morgan fingerprint density at radius 1 is 0.917 bits per heavy atom. The van der Waals surface area contributed by atoms with Gasteiger partial charge in [0.2, 0.25) is 0 Å². The molecule has 4 fully saturated rings. The van der Waals surface area contributed by atoms with Gasteiger partial charge in [0.25, 0.3) is 0 Å². The van der Waals surface area contributed by atoms with Gasteiger partial charge in [-0.15, -0.1) is 0 Å².